The number of hydrogen-bond acceptors (Lipinski definition) is 5. The molecule has 0 spiro atoms. The molecule has 1 atom stereocenters. The SMILES string of the molecule is CC(C)c1noc(CN2CCC(c3ccccn3)C2)n1. The molecule has 0 amide bonds. The summed E-state index contributed by atoms with van der Waals surface area (Å²) in [5, 5.41) is 4.01. The zero-order valence-corrected chi connectivity index (χ0v) is 12.0. The minimum absolute atomic E-state index is 0.312. The number of nitrogens with zero attached hydrogens (tertiary/aromatic N) is 4. The molecular formula is C15H20N4O. The highest BCUT2D eigenvalue weighted by molar-refractivity contribution is 5.11. The van der Waals surface area contributed by atoms with Crippen LogP contribution < -0.4 is 0 Å². The van der Waals surface area contributed by atoms with E-state index >= 15 is 0 Å². The molecule has 5 nitrogen and oxygen atoms in total. The average molecular weight is 272 g/mol. The van der Waals surface area contributed by atoms with Crippen LogP contribution in [0.3, 0.4) is 0 Å². The Kier molecular flexibility index (Phi) is 3.78. The van der Waals surface area contributed by atoms with Gasteiger partial charge in [-0.2, -0.15) is 4.98 Å². The van der Waals surface area contributed by atoms with Gasteiger partial charge in [-0.25, -0.2) is 0 Å². The zero-order valence-electron chi connectivity index (χ0n) is 12.0. The van der Waals surface area contributed by atoms with Crippen molar-refractivity contribution < 1.29 is 4.52 Å². The van der Waals surface area contributed by atoms with Gasteiger partial charge in [-0.15, -0.1) is 0 Å². The lowest BCUT2D eigenvalue weighted by molar-refractivity contribution is 0.264. The third-order valence-corrected chi connectivity index (χ3v) is 3.74. The van der Waals surface area contributed by atoms with E-state index in [1.54, 1.807) is 0 Å². The van der Waals surface area contributed by atoms with Gasteiger partial charge in [0.15, 0.2) is 5.82 Å². The fourth-order valence-corrected chi connectivity index (χ4v) is 2.59. The van der Waals surface area contributed by atoms with Crippen LogP contribution >= 0.6 is 0 Å². The first-order chi connectivity index (χ1) is 9.72. The molecule has 0 saturated carbocycles. The summed E-state index contributed by atoms with van der Waals surface area (Å²) in [6.45, 7) is 6.95. The lowest BCUT2D eigenvalue weighted by atomic mass is 10.0. The molecule has 106 valence electrons. The molecule has 1 saturated heterocycles. The molecule has 1 unspecified atom stereocenters. The van der Waals surface area contributed by atoms with Crippen molar-refractivity contribution >= 4 is 0 Å². The number of aromatic nitrogens is 3. The van der Waals surface area contributed by atoms with Gasteiger partial charge in [-0.1, -0.05) is 25.1 Å². The van der Waals surface area contributed by atoms with Gasteiger partial charge in [0.2, 0.25) is 5.89 Å². The van der Waals surface area contributed by atoms with Crippen LogP contribution in [0.25, 0.3) is 0 Å². The fraction of sp³-hybridized carbons (Fsp3) is 0.533. The molecule has 0 N–H and O–H groups in total. The second kappa shape index (κ2) is 5.71. The molecule has 20 heavy (non-hydrogen) atoms. The highest BCUT2D eigenvalue weighted by Gasteiger charge is 2.26. The van der Waals surface area contributed by atoms with E-state index in [0.29, 0.717) is 11.8 Å². The third-order valence-electron chi connectivity index (χ3n) is 3.74. The Morgan fingerprint density at radius 1 is 1.40 bits per heavy atom. The van der Waals surface area contributed by atoms with Crippen molar-refractivity contribution in [2.45, 2.75) is 38.6 Å². The van der Waals surface area contributed by atoms with Gasteiger partial charge in [0.05, 0.1) is 6.54 Å². The standard InChI is InChI=1S/C15H20N4O/c1-11(2)15-17-14(20-18-15)10-19-8-6-12(9-19)13-5-3-4-7-16-13/h3-5,7,11-12H,6,8-10H2,1-2H3. The van der Waals surface area contributed by atoms with E-state index in [1.807, 2.05) is 12.3 Å². The van der Waals surface area contributed by atoms with Gasteiger partial charge in [0.25, 0.3) is 0 Å². The molecule has 0 bridgehead atoms. The quantitative estimate of drug-likeness (QED) is 0.856. The first kappa shape index (κ1) is 13.2. The van der Waals surface area contributed by atoms with Crippen LogP contribution in [-0.4, -0.2) is 33.1 Å². The molecule has 1 fully saturated rings. The van der Waals surface area contributed by atoms with Gasteiger partial charge in [0.1, 0.15) is 0 Å². The van der Waals surface area contributed by atoms with Crippen molar-refractivity contribution in [3.05, 3.63) is 41.8 Å². The number of rotatable bonds is 4. The fourth-order valence-electron chi connectivity index (χ4n) is 2.59. The number of likely N-dealkylation sites (tertiary alicyclic amines) is 1. The number of pyridine rings is 1. The van der Waals surface area contributed by atoms with Crippen LogP contribution in [0.5, 0.6) is 0 Å². The molecule has 3 rings (SSSR count). The Morgan fingerprint density at radius 3 is 3.00 bits per heavy atom. The highest BCUT2D eigenvalue weighted by Crippen LogP contribution is 2.26. The summed E-state index contributed by atoms with van der Waals surface area (Å²) in [6.07, 6.45) is 3.01. The molecule has 2 aromatic rings. The van der Waals surface area contributed by atoms with Crippen molar-refractivity contribution in [3.8, 4) is 0 Å². The lowest BCUT2D eigenvalue weighted by Gasteiger charge is -2.13. The summed E-state index contributed by atoms with van der Waals surface area (Å²) >= 11 is 0. The molecule has 1 aliphatic heterocycles. The topological polar surface area (TPSA) is 55.1 Å². The summed E-state index contributed by atoms with van der Waals surface area (Å²) < 4.78 is 5.31. The van der Waals surface area contributed by atoms with E-state index in [2.05, 4.69) is 46.0 Å². The van der Waals surface area contributed by atoms with Crippen LogP contribution in [0.1, 0.15) is 49.5 Å². The Morgan fingerprint density at radius 2 is 2.30 bits per heavy atom. The van der Waals surface area contributed by atoms with Crippen LogP contribution in [0, 0.1) is 0 Å². The van der Waals surface area contributed by atoms with Crippen LogP contribution in [0.15, 0.2) is 28.9 Å². The molecule has 0 aromatic carbocycles. The molecule has 5 heteroatoms. The minimum Gasteiger partial charge on any atom is -0.338 e. The minimum atomic E-state index is 0.312. The van der Waals surface area contributed by atoms with Gasteiger partial charge in [0, 0.05) is 30.3 Å². The Balaban J connectivity index is 1.60. The smallest absolute Gasteiger partial charge is 0.240 e. The van der Waals surface area contributed by atoms with E-state index in [0.717, 1.165) is 37.8 Å². The normalized spacial score (nSPS) is 19.9. The predicted molar refractivity (Wildman–Crippen MR) is 75.3 cm³/mol. The monoisotopic (exact) mass is 272 g/mol. The third kappa shape index (κ3) is 2.88. The van der Waals surface area contributed by atoms with Crippen LogP contribution in [-0.2, 0) is 6.54 Å². The second-order valence-electron chi connectivity index (χ2n) is 5.68. The maximum Gasteiger partial charge on any atom is 0.240 e. The van der Waals surface area contributed by atoms with Crippen molar-refractivity contribution in [1.29, 1.82) is 0 Å². The number of hydrogen-bond donors (Lipinski definition) is 0. The summed E-state index contributed by atoms with van der Waals surface area (Å²) in [6, 6.07) is 6.12. The van der Waals surface area contributed by atoms with Crippen molar-refractivity contribution in [1.82, 2.24) is 20.0 Å². The first-order valence-electron chi connectivity index (χ1n) is 7.18. The van der Waals surface area contributed by atoms with E-state index < -0.39 is 0 Å². The van der Waals surface area contributed by atoms with Gasteiger partial charge < -0.3 is 4.52 Å². The van der Waals surface area contributed by atoms with Crippen LogP contribution in [0.4, 0.5) is 0 Å². The van der Waals surface area contributed by atoms with E-state index in [-0.39, 0.29) is 0 Å². The van der Waals surface area contributed by atoms with Crippen molar-refractivity contribution in [2.75, 3.05) is 13.1 Å². The second-order valence-corrected chi connectivity index (χ2v) is 5.68. The molecule has 0 aliphatic carbocycles. The van der Waals surface area contributed by atoms with Crippen molar-refractivity contribution in [2.24, 2.45) is 0 Å². The molecule has 3 heterocycles. The molecule has 2 aromatic heterocycles. The predicted octanol–water partition coefficient (Wildman–Crippen LogP) is 2.58. The summed E-state index contributed by atoms with van der Waals surface area (Å²) in [4.78, 5) is 11.2. The highest BCUT2D eigenvalue weighted by atomic mass is 16.5. The summed E-state index contributed by atoms with van der Waals surface area (Å²) in [7, 11) is 0. The van der Waals surface area contributed by atoms with E-state index in [1.165, 1.54) is 5.69 Å². The first-order valence-corrected chi connectivity index (χ1v) is 7.18. The van der Waals surface area contributed by atoms with E-state index in [4.69, 9.17) is 4.52 Å². The lowest BCUT2D eigenvalue weighted by Crippen LogP contribution is -2.20. The zero-order chi connectivity index (χ0) is 13.9. The summed E-state index contributed by atoms with van der Waals surface area (Å²) in [5.74, 6) is 2.34. The maximum atomic E-state index is 5.31. The molecule has 0 radical (unpaired) electrons. The van der Waals surface area contributed by atoms with Gasteiger partial charge >= 0.3 is 0 Å². The van der Waals surface area contributed by atoms with Crippen LogP contribution in [0.2, 0.25) is 0 Å². The maximum absolute atomic E-state index is 5.31. The Labute approximate surface area is 119 Å². The summed E-state index contributed by atoms with van der Waals surface area (Å²) in [5.41, 5.74) is 1.18. The molecular weight excluding hydrogens is 252 g/mol. The van der Waals surface area contributed by atoms with E-state index in [9.17, 15) is 0 Å². The van der Waals surface area contributed by atoms with Crippen molar-refractivity contribution in [3.63, 3.8) is 0 Å². The largest absolute Gasteiger partial charge is 0.338 e. The van der Waals surface area contributed by atoms with Gasteiger partial charge in [-0.05, 0) is 25.1 Å². The van der Waals surface area contributed by atoms with Gasteiger partial charge in [-0.3, -0.25) is 9.88 Å². The Hall–Kier alpha value is -1.75. The average Bonchev–Trinajstić information content (AvgIpc) is 3.10. The Bertz CT molecular complexity index is 552. The molecule has 1 aliphatic rings.